The van der Waals surface area contributed by atoms with Gasteiger partial charge in [-0.3, -0.25) is 0 Å². The monoisotopic (exact) mass is 468 g/mol. The van der Waals surface area contributed by atoms with E-state index in [1.54, 1.807) is 5.57 Å². The summed E-state index contributed by atoms with van der Waals surface area (Å²) < 4.78 is 0. The number of hydrogen-bond acceptors (Lipinski definition) is 1. The van der Waals surface area contributed by atoms with Gasteiger partial charge in [0.1, 0.15) is 0 Å². The molecular formula is C27H48OSe. The van der Waals surface area contributed by atoms with Crippen molar-refractivity contribution >= 4 is 17.1 Å². The van der Waals surface area contributed by atoms with Crippen molar-refractivity contribution in [1.82, 2.24) is 0 Å². The van der Waals surface area contributed by atoms with Crippen LogP contribution in [0.15, 0.2) is 11.6 Å². The van der Waals surface area contributed by atoms with E-state index in [2.05, 4.69) is 40.7 Å². The summed E-state index contributed by atoms with van der Waals surface area (Å²) in [7, 11) is 0. The molecule has 4 rings (SSSR count). The summed E-state index contributed by atoms with van der Waals surface area (Å²) in [6, 6.07) is 0. The van der Waals surface area contributed by atoms with Gasteiger partial charge in [0.2, 0.25) is 0 Å². The van der Waals surface area contributed by atoms with Crippen LogP contribution < -0.4 is 0 Å². The number of aliphatic hydroxyl groups excluding tert-OH is 1. The van der Waals surface area contributed by atoms with Crippen molar-refractivity contribution in [3.63, 3.8) is 0 Å². The summed E-state index contributed by atoms with van der Waals surface area (Å²) in [6.45, 7) is 12.6. The van der Waals surface area contributed by atoms with Gasteiger partial charge in [0.05, 0.1) is 6.10 Å². The Bertz CT molecular complexity index is 597. The van der Waals surface area contributed by atoms with Crippen LogP contribution in [0.2, 0.25) is 0 Å². The molecule has 0 aromatic carbocycles. The second kappa shape index (κ2) is 8.99. The van der Waals surface area contributed by atoms with Crippen molar-refractivity contribution < 1.29 is 5.11 Å². The number of rotatable bonds is 5. The van der Waals surface area contributed by atoms with Gasteiger partial charge in [0.15, 0.2) is 0 Å². The molecule has 0 aromatic heterocycles. The molecule has 8 atom stereocenters. The molecule has 3 saturated carbocycles. The molecule has 4 aliphatic rings. The molecule has 0 aliphatic heterocycles. The number of aliphatic hydroxyl groups is 1. The molecule has 168 valence electrons. The Morgan fingerprint density at radius 3 is 2.48 bits per heavy atom. The van der Waals surface area contributed by atoms with Crippen LogP contribution in [0.1, 0.15) is 105 Å². The van der Waals surface area contributed by atoms with Crippen LogP contribution in [0, 0.1) is 46.3 Å². The fraction of sp³-hybridized carbons (Fsp3) is 0.926. The Balaban J connectivity index is 0.00000240. The molecule has 0 amide bonds. The zero-order valence-electron chi connectivity index (χ0n) is 19.8. The fourth-order valence-corrected chi connectivity index (χ4v) is 8.67. The third-order valence-electron chi connectivity index (χ3n) is 10.3. The summed E-state index contributed by atoms with van der Waals surface area (Å²) in [6.07, 6.45) is 17.2. The third kappa shape index (κ3) is 4.17. The van der Waals surface area contributed by atoms with Crippen LogP contribution in [-0.2, 0) is 0 Å². The maximum absolute atomic E-state index is 10.2. The first-order valence-corrected chi connectivity index (χ1v) is 12.6. The summed E-state index contributed by atoms with van der Waals surface area (Å²) in [5.41, 5.74) is 2.60. The third-order valence-corrected chi connectivity index (χ3v) is 10.3. The molecule has 3 fully saturated rings. The molecule has 0 radical (unpaired) electrons. The zero-order valence-corrected chi connectivity index (χ0v) is 21.9. The van der Waals surface area contributed by atoms with Crippen LogP contribution in [-0.4, -0.2) is 28.3 Å². The summed E-state index contributed by atoms with van der Waals surface area (Å²) in [4.78, 5) is 0. The SMILES string of the molecule is CC(C)CCCC(C)[C@H]1CC[C@H]2[C@@H]3CC=C4C[C@@H](O)CC[C@]4(C)[C@H]3CC[C@]12C.[SeH2]. The van der Waals surface area contributed by atoms with Crippen molar-refractivity contribution in [2.45, 2.75) is 111 Å². The zero-order chi connectivity index (χ0) is 20.1. The Kier molecular flexibility index (Phi) is 7.40. The van der Waals surface area contributed by atoms with E-state index < -0.39 is 0 Å². The van der Waals surface area contributed by atoms with E-state index in [-0.39, 0.29) is 23.2 Å². The molecule has 0 saturated heterocycles. The number of hydrogen-bond donors (Lipinski definition) is 1. The molecule has 1 unspecified atom stereocenters. The van der Waals surface area contributed by atoms with Gasteiger partial charge in [-0.05, 0) is 97.7 Å². The van der Waals surface area contributed by atoms with Gasteiger partial charge in [-0.25, -0.2) is 0 Å². The van der Waals surface area contributed by atoms with Crippen LogP contribution >= 0.6 is 0 Å². The van der Waals surface area contributed by atoms with E-state index in [1.807, 2.05) is 0 Å². The molecule has 29 heavy (non-hydrogen) atoms. The van der Waals surface area contributed by atoms with Crippen LogP contribution in [0.25, 0.3) is 0 Å². The Morgan fingerprint density at radius 2 is 1.76 bits per heavy atom. The topological polar surface area (TPSA) is 20.2 Å². The summed E-state index contributed by atoms with van der Waals surface area (Å²) in [5, 5.41) is 10.2. The molecule has 1 nitrogen and oxygen atoms in total. The Hall–Kier alpha value is 0.219. The molecular weight excluding hydrogens is 419 g/mol. The Labute approximate surface area is 191 Å². The van der Waals surface area contributed by atoms with E-state index in [9.17, 15) is 5.11 Å². The van der Waals surface area contributed by atoms with Crippen LogP contribution in [0.5, 0.6) is 0 Å². The van der Waals surface area contributed by atoms with Crippen LogP contribution in [0.4, 0.5) is 0 Å². The van der Waals surface area contributed by atoms with E-state index in [4.69, 9.17) is 0 Å². The molecule has 4 aliphatic carbocycles. The van der Waals surface area contributed by atoms with Gasteiger partial charge in [0.25, 0.3) is 0 Å². The average molecular weight is 468 g/mol. The van der Waals surface area contributed by atoms with Crippen molar-refractivity contribution in [2.24, 2.45) is 46.3 Å². The number of allylic oxidation sites excluding steroid dienone is 1. The van der Waals surface area contributed by atoms with E-state index >= 15 is 0 Å². The average Bonchev–Trinajstić information content (AvgIpc) is 2.99. The molecule has 1 N–H and O–H groups in total. The van der Waals surface area contributed by atoms with Gasteiger partial charge in [-0.2, -0.15) is 0 Å². The second-order valence-corrected chi connectivity index (χ2v) is 12.2. The standard InChI is InChI=1S/C27H46O.H2Se/c1-18(2)7-6-8-19(3)23-11-12-24-22-10-9-20-17-21(28)13-15-26(20,4)25(22)14-16-27(23,24)5;/h9,18-19,21-25,28H,6-8,10-17H2,1-5H3;1H2/t19?,21-,22-,23+,24-,25-,26-,27+;/m0./s1. The fourth-order valence-electron chi connectivity index (χ4n) is 8.67. The van der Waals surface area contributed by atoms with Gasteiger partial charge in [0, 0.05) is 0 Å². The first kappa shape index (κ1) is 23.9. The minimum atomic E-state index is -0.0766. The predicted molar refractivity (Wildman–Crippen MR) is 128 cm³/mol. The van der Waals surface area contributed by atoms with Crippen molar-refractivity contribution in [1.29, 1.82) is 0 Å². The van der Waals surface area contributed by atoms with Crippen LogP contribution in [0.3, 0.4) is 0 Å². The molecule has 0 bridgehead atoms. The van der Waals surface area contributed by atoms with E-state index in [0.717, 1.165) is 48.3 Å². The van der Waals surface area contributed by atoms with Crippen molar-refractivity contribution in [3.8, 4) is 0 Å². The van der Waals surface area contributed by atoms with Crippen molar-refractivity contribution in [3.05, 3.63) is 11.6 Å². The molecule has 2 heteroatoms. The first-order valence-electron chi connectivity index (χ1n) is 12.6. The van der Waals surface area contributed by atoms with Crippen molar-refractivity contribution in [2.75, 3.05) is 0 Å². The van der Waals surface area contributed by atoms with Gasteiger partial charge >= 0.3 is 17.1 Å². The summed E-state index contributed by atoms with van der Waals surface area (Å²) in [5.74, 6) is 5.46. The minimum absolute atomic E-state index is 0. The van der Waals surface area contributed by atoms with Gasteiger partial charge in [-0.15, -0.1) is 0 Å². The van der Waals surface area contributed by atoms with E-state index in [0.29, 0.717) is 10.8 Å². The second-order valence-electron chi connectivity index (χ2n) is 12.2. The van der Waals surface area contributed by atoms with E-state index in [1.165, 1.54) is 57.8 Å². The molecule has 0 spiro atoms. The first-order chi connectivity index (χ1) is 13.3. The molecule has 0 heterocycles. The number of fused-ring (bicyclic) bond motifs is 5. The summed E-state index contributed by atoms with van der Waals surface area (Å²) >= 11 is 0. The quantitative estimate of drug-likeness (QED) is 0.363. The van der Waals surface area contributed by atoms with Gasteiger partial charge < -0.3 is 5.11 Å². The normalized spacial score (nSPS) is 44.9. The molecule has 0 aromatic rings. The van der Waals surface area contributed by atoms with Gasteiger partial charge in [-0.1, -0.05) is 65.5 Å². The maximum atomic E-state index is 10.2. The Morgan fingerprint density at radius 1 is 1.00 bits per heavy atom. The predicted octanol–water partition coefficient (Wildman–Crippen LogP) is 6.47.